The van der Waals surface area contributed by atoms with Crippen molar-refractivity contribution in [1.29, 1.82) is 0 Å². The maximum absolute atomic E-state index is 14.3. The fourth-order valence-corrected chi connectivity index (χ4v) is 2.85. The Morgan fingerprint density at radius 3 is 2.56 bits per heavy atom. The number of ether oxygens (including phenoxy) is 2. The van der Waals surface area contributed by atoms with Crippen LogP contribution in [0.3, 0.4) is 0 Å². The van der Waals surface area contributed by atoms with Crippen molar-refractivity contribution in [3.63, 3.8) is 0 Å². The van der Waals surface area contributed by atoms with Gasteiger partial charge >= 0.3 is 6.09 Å². The van der Waals surface area contributed by atoms with Crippen molar-refractivity contribution in [1.82, 2.24) is 5.32 Å². The number of rotatable bonds is 5. The van der Waals surface area contributed by atoms with E-state index in [1.165, 1.54) is 0 Å². The summed E-state index contributed by atoms with van der Waals surface area (Å²) in [5.41, 5.74) is -0.0641. The SMILES string of the molecule is CC(C)(C)OC(=O)NC1CCC(OCC(F)c2ccccc2)C(F)C1. The first-order valence-electron chi connectivity index (χ1n) is 8.69. The summed E-state index contributed by atoms with van der Waals surface area (Å²) in [6, 6.07) is 8.40. The molecule has 6 heteroatoms. The fraction of sp³-hybridized carbons (Fsp3) is 0.632. The van der Waals surface area contributed by atoms with Crippen molar-refractivity contribution in [3.8, 4) is 0 Å². The maximum Gasteiger partial charge on any atom is 0.407 e. The first kappa shape index (κ1) is 19.6. The van der Waals surface area contributed by atoms with Gasteiger partial charge in [-0.15, -0.1) is 0 Å². The van der Waals surface area contributed by atoms with Crippen molar-refractivity contribution in [2.24, 2.45) is 0 Å². The molecule has 4 nitrogen and oxygen atoms in total. The summed E-state index contributed by atoms with van der Waals surface area (Å²) in [5.74, 6) is 0. The minimum Gasteiger partial charge on any atom is -0.444 e. The molecule has 140 valence electrons. The highest BCUT2D eigenvalue weighted by Crippen LogP contribution is 2.27. The van der Waals surface area contributed by atoms with E-state index in [0.717, 1.165) is 0 Å². The summed E-state index contributed by atoms with van der Waals surface area (Å²) in [6.45, 7) is 5.15. The molecular formula is C19H27F2NO3. The fourth-order valence-electron chi connectivity index (χ4n) is 2.85. The smallest absolute Gasteiger partial charge is 0.407 e. The summed E-state index contributed by atoms with van der Waals surface area (Å²) >= 11 is 0. The van der Waals surface area contributed by atoms with Crippen molar-refractivity contribution in [2.75, 3.05) is 6.61 Å². The molecule has 4 unspecified atom stereocenters. The molecule has 0 saturated heterocycles. The molecule has 0 bridgehead atoms. The van der Waals surface area contributed by atoms with Crippen LogP contribution in [0.15, 0.2) is 30.3 Å². The number of alkyl carbamates (subject to hydrolysis) is 1. The van der Waals surface area contributed by atoms with Crippen molar-refractivity contribution in [3.05, 3.63) is 35.9 Å². The Hall–Kier alpha value is -1.69. The van der Waals surface area contributed by atoms with Gasteiger partial charge in [0, 0.05) is 12.5 Å². The van der Waals surface area contributed by atoms with Crippen LogP contribution >= 0.6 is 0 Å². The Morgan fingerprint density at radius 1 is 1.28 bits per heavy atom. The van der Waals surface area contributed by atoms with Crippen molar-refractivity contribution < 1.29 is 23.0 Å². The van der Waals surface area contributed by atoms with Gasteiger partial charge in [0.2, 0.25) is 0 Å². The van der Waals surface area contributed by atoms with Crippen LogP contribution in [0.1, 0.15) is 51.8 Å². The number of hydrogen-bond donors (Lipinski definition) is 1. The molecule has 2 rings (SSSR count). The van der Waals surface area contributed by atoms with Crippen LogP contribution < -0.4 is 5.32 Å². The Bertz CT molecular complexity index is 547. The third-order valence-corrected chi connectivity index (χ3v) is 4.05. The van der Waals surface area contributed by atoms with Gasteiger partial charge in [-0.2, -0.15) is 0 Å². The number of carbonyl (C=O) groups excluding carboxylic acids is 1. The van der Waals surface area contributed by atoms with E-state index >= 15 is 0 Å². The minimum absolute atomic E-state index is 0.145. The third kappa shape index (κ3) is 6.61. The Balaban J connectivity index is 1.75. The second kappa shape index (κ2) is 8.61. The van der Waals surface area contributed by atoms with Crippen LogP contribution in [-0.4, -0.2) is 36.6 Å². The van der Waals surface area contributed by atoms with Gasteiger partial charge < -0.3 is 14.8 Å². The number of hydrogen-bond acceptors (Lipinski definition) is 3. The zero-order valence-corrected chi connectivity index (χ0v) is 15.0. The average molecular weight is 355 g/mol. The molecule has 0 aliphatic heterocycles. The molecule has 1 amide bonds. The highest BCUT2D eigenvalue weighted by atomic mass is 19.1. The van der Waals surface area contributed by atoms with Crippen LogP contribution in [0.2, 0.25) is 0 Å². The number of amides is 1. The number of benzene rings is 1. The van der Waals surface area contributed by atoms with Gasteiger partial charge in [-0.3, -0.25) is 0 Å². The molecule has 0 aromatic heterocycles. The van der Waals surface area contributed by atoms with E-state index in [2.05, 4.69) is 5.32 Å². The van der Waals surface area contributed by atoms with E-state index in [4.69, 9.17) is 9.47 Å². The minimum atomic E-state index is -1.27. The Labute approximate surface area is 147 Å². The lowest BCUT2D eigenvalue weighted by Gasteiger charge is -2.32. The highest BCUT2D eigenvalue weighted by Gasteiger charge is 2.33. The Kier molecular flexibility index (Phi) is 6.76. The third-order valence-electron chi connectivity index (χ3n) is 4.05. The molecule has 4 atom stereocenters. The van der Waals surface area contributed by atoms with Gasteiger partial charge in [-0.05, 0) is 39.2 Å². The number of halogens is 2. The summed E-state index contributed by atoms with van der Waals surface area (Å²) in [7, 11) is 0. The second-order valence-electron chi connectivity index (χ2n) is 7.42. The molecule has 0 heterocycles. The molecule has 1 aromatic rings. The van der Waals surface area contributed by atoms with Crippen LogP contribution in [0.25, 0.3) is 0 Å². The quantitative estimate of drug-likeness (QED) is 0.846. The summed E-state index contributed by atoms with van der Waals surface area (Å²) in [5, 5.41) is 2.69. The number of carbonyl (C=O) groups is 1. The van der Waals surface area contributed by atoms with Gasteiger partial charge in [0.15, 0.2) is 0 Å². The molecule has 1 aromatic carbocycles. The molecule has 1 N–H and O–H groups in total. The van der Waals surface area contributed by atoms with E-state index in [1.54, 1.807) is 45.0 Å². The highest BCUT2D eigenvalue weighted by molar-refractivity contribution is 5.68. The van der Waals surface area contributed by atoms with Crippen LogP contribution in [0, 0.1) is 0 Å². The largest absolute Gasteiger partial charge is 0.444 e. The maximum atomic E-state index is 14.3. The van der Waals surface area contributed by atoms with Crippen molar-refractivity contribution >= 4 is 6.09 Å². The van der Waals surface area contributed by atoms with E-state index in [9.17, 15) is 13.6 Å². The molecular weight excluding hydrogens is 328 g/mol. The van der Waals surface area contributed by atoms with Crippen LogP contribution in [-0.2, 0) is 9.47 Å². The molecule has 1 fully saturated rings. The van der Waals surface area contributed by atoms with Crippen LogP contribution in [0.5, 0.6) is 0 Å². The van der Waals surface area contributed by atoms with E-state index in [-0.39, 0.29) is 19.1 Å². The first-order chi connectivity index (χ1) is 11.7. The zero-order valence-electron chi connectivity index (χ0n) is 15.0. The lowest BCUT2D eigenvalue weighted by Crippen LogP contribution is -2.45. The topological polar surface area (TPSA) is 47.6 Å². The van der Waals surface area contributed by atoms with Gasteiger partial charge in [-0.25, -0.2) is 13.6 Å². The number of alkyl halides is 2. The first-order valence-corrected chi connectivity index (χ1v) is 8.69. The monoisotopic (exact) mass is 355 g/mol. The van der Waals surface area contributed by atoms with Gasteiger partial charge in [-0.1, -0.05) is 30.3 Å². The predicted molar refractivity (Wildman–Crippen MR) is 91.9 cm³/mol. The van der Waals surface area contributed by atoms with Gasteiger partial charge in [0.05, 0.1) is 12.7 Å². The van der Waals surface area contributed by atoms with Gasteiger partial charge in [0.1, 0.15) is 17.9 Å². The Morgan fingerprint density at radius 2 is 1.96 bits per heavy atom. The predicted octanol–water partition coefficient (Wildman–Crippen LogP) is 4.50. The molecule has 1 aliphatic carbocycles. The molecule has 1 aliphatic rings. The lowest BCUT2D eigenvalue weighted by molar-refractivity contribution is -0.0494. The van der Waals surface area contributed by atoms with E-state index in [1.807, 2.05) is 6.07 Å². The van der Waals surface area contributed by atoms with Gasteiger partial charge in [0.25, 0.3) is 0 Å². The molecule has 0 radical (unpaired) electrons. The molecule has 25 heavy (non-hydrogen) atoms. The van der Waals surface area contributed by atoms with Crippen molar-refractivity contribution in [2.45, 2.75) is 70.1 Å². The molecule has 0 spiro atoms. The standard InChI is InChI=1S/C19H27F2NO3/c1-19(2,3)25-18(23)22-14-9-10-17(15(20)11-14)24-12-16(21)13-7-5-4-6-8-13/h4-8,14-17H,9-12H2,1-3H3,(H,22,23). The zero-order chi connectivity index (χ0) is 18.4. The summed E-state index contributed by atoms with van der Waals surface area (Å²) in [6.07, 6.45) is -2.54. The summed E-state index contributed by atoms with van der Waals surface area (Å²) < 4.78 is 39.0. The van der Waals surface area contributed by atoms with Crippen LogP contribution in [0.4, 0.5) is 13.6 Å². The lowest BCUT2D eigenvalue weighted by atomic mass is 9.91. The number of nitrogens with one attached hydrogen (secondary N) is 1. The summed E-state index contributed by atoms with van der Waals surface area (Å²) in [4.78, 5) is 11.8. The average Bonchev–Trinajstić information content (AvgIpc) is 2.52. The molecule has 1 saturated carbocycles. The normalized spacial score (nSPS) is 25.2. The second-order valence-corrected chi connectivity index (χ2v) is 7.42. The van der Waals surface area contributed by atoms with E-state index < -0.39 is 30.1 Å². The van der Waals surface area contributed by atoms with E-state index in [0.29, 0.717) is 18.4 Å².